The van der Waals surface area contributed by atoms with E-state index in [0.29, 0.717) is 12.2 Å². The topological polar surface area (TPSA) is 51.0 Å². The van der Waals surface area contributed by atoms with Gasteiger partial charge in [0, 0.05) is 31.7 Å². The molecule has 2 aromatic heterocycles. The Kier molecular flexibility index (Phi) is 4.89. The van der Waals surface area contributed by atoms with Gasteiger partial charge in [0.05, 0.1) is 18.0 Å². The van der Waals surface area contributed by atoms with Crippen molar-refractivity contribution in [3.05, 3.63) is 60.3 Å². The smallest absolute Gasteiger partial charge is 0.272 e. The van der Waals surface area contributed by atoms with Crippen molar-refractivity contribution in [2.45, 2.75) is 26.3 Å². The normalized spacial score (nSPS) is 10.9. The Hall–Kier alpha value is -2.69. The second-order valence-electron chi connectivity index (χ2n) is 6.01. The van der Waals surface area contributed by atoms with Crippen molar-refractivity contribution in [3.63, 3.8) is 0 Å². The van der Waals surface area contributed by atoms with Crippen LogP contribution in [-0.2, 0) is 13.6 Å². The summed E-state index contributed by atoms with van der Waals surface area (Å²) in [5.41, 5.74) is 2.62. The van der Waals surface area contributed by atoms with Crippen molar-refractivity contribution in [1.82, 2.24) is 19.4 Å². The van der Waals surface area contributed by atoms with E-state index in [1.807, 2.05) is 42.4 Å². The number of pyridine rings is 1. The quantitative estimate of drug-likeness (QED) is 0.699. The largest absolute Gasteiger partial charge is 0.333 e. The first kappa shape index (κ1) is 16.2. The monoisotopic (exact) mass is 322 g/mol. The molecule has 0 N–H and O–H groups in total. The Morgan fingerprint density at radius 3 is 2.83 bits per heavy atom. The third kappa shape index (κ3) is 3.45. The van der Waals surface area contributed by atoms with E-state index in [0.717, 1.165) is 35.9 Å². The Morgan fingerprint density at radius 1 is 1.25 bits per heavy atom. The lowest BCUT2D eigenvalue weighted by atomic mass is 10.1. The van der Waals surface area contributed by atoms with E-state index in [2.05, 4.69) is 23.0 Å². The van der Waals surface area contributed by atoms with Gasteiger partial charge in [0.15, 0.2) is 0 Å². The molecule has 0 spiro atoms. The Balaban J connectivity index is 1.85. The van der Waals surface area contributed by atoms with Crippen molar-refractivity contribution < 1.29 is 4.79 Å². The highest BCUT2D eigenvalue weighted by Crippen LogP contribution is 2.16. The fraction of sp³-hybridized carbons (Fsp3) is 0.316. The van der Waals surface area contributed by atoms with Gasteiger partial charge >= 0.3 is 0 Å². The second kappa shape index (κ2) is 7.25. The van der Waals surface area contributed by atoms with E-state index in [1.165, 1.54) is 0 Å². The summed E-state index contributed by atoms with van der Waals surface area (Å²) >= 11 is 0. The minimum Gasteiger partial charge on any atom is -0.333 e. The minimum atomic E-state index is 0.0107. The summed E-state index contributed by atoms with van der Waals surface area (Å²) in [6.45, 7) is 3.42. The maximum absolute atomic E-state index is 12.8. The summed E-state index contributed by atoms with van der Waals surface area (Å²) in [5.74, 6) is 0.0107. The molecule has 0 radical (unpaired) electrons. The molecular weight excluding hydrogens is 300 g/mol. The van der Waals surface area contributed by atoms with Gasteiger partial charge in [-0.25, -0.2) is 4.98 Å². The third-order valence-electron chi connectivity index (χ3n) is 4.13. The molecule has 0 bridgehead atoms. The maximum Gasteiger partial charge on any atom is 0.272 e. The van der Waals surface area contributed by atoms with E-state index in [-0.39, 0.29) is 5.91 Å². The highest BCUT2D eigenvalue weighted by atomic mass is 16.2. The molecule has 3 rings (SSSR count). The summed E-state index contributed by atoms with van der Waals surface area (Å²) < 4.78 is 1.76. The number of para-hydroxylation sites is 1. The zero-order valence-corrected chi connectivity index (χ0v) is 14.1. The first-order valence-electron chi connectivity index (χ1n) is 8.28. The van der Waals surface area contributed by atoms with Crippen LogP contribution < -0.4 is 0 Å². The molecule has 3 aromatic rings. The molecular formula is C19H22N4O. The van der Waals surface area contributed by atoms with Crippen LogP contribution in [0.15, 0.2) is 49.1 Å². The number of nitrogens with zero attached hydrogens (tertiary/aromatic N) is 4. The molecule has 0 atom stereocenters. The highest BCUT2D eigenvalue weighted by molar-refractivity contribution is 5.92. The van der Waals surface area contributed by atoms with E-state index in [1.54, 1.807) is 17.1 Å². The standard InChI is InChI=1S/C19H22N4O/c1-3-4-9-23(19(24)18-12-20-14-22(18)2)13-15-10-16-7-5-6-8-17(16)21-11-15/h5-8,10-12,14H,3-4,9,13H2,1-2H3. The molecule has 0 fully saturated rings. The average molecular weight is 322 g/mol. The van der Waals surface area contributed by atoms with Gasteiger partial charge in [-0.3, -0.25) is 9.78 Å². The molecule has 0 unspecified atom stereocenters. The number of benzene rings is 1. The molecule has 0 aliphatic rings. The predicted octanol–water partition coefficient (Wildman–Crippen LogP) is 3.41. The van der Waals surface area contributed by atoms with Crippen LogP contribution in [0.3, 0.4) is 0 Å². The van der Waals surface area contributed by atoms with E-state index in [4.69, 9.17) is 0 Å². The number of amides is 1. The molecule has 24 heavy (non-hydrogen) atoms. The van der Waals surface area contributed by atoms with Crippen LogP contribution in [0.4, 0.5) is 0 Å². The highest BCUT2D eigenvalue weighted by Gasteiger charge is 2.18. The van der Waals surface area contributed by atoms with E-state index >= 15 is 0 Å². The number of aryl methyl sites for hydroxylation is 1. The van der Waals surface area contributed by atoms with Gasteiger partial charge in [0.1, 0.15) is 5.69 Å². The zero-order chi connectivity index (χ0) is 16.9. The lowest BCUT2D eigenvalue weighted by Gasteiger charge is -2.22. The van der Waals surface area contributed by atoms with Gasteiger partial charge in [-0.1, -0.05) is 31.5 Å². The van der Waals surface area contributed by atoms with Crippen LogP contribution in [0.25, 0.3) is 10.9 Å². The lowest BCUT2D eigenvalue weighted by molar-refractivity contribution is 0.0731. The van der Waals surface area contributed by atoms with Gasteiger partial charge in [-0.15, -0.1) is 0 Å². The lowest BCUT2D eigenvalue weighted by Crippen LogP contribution is -2.32. The Bertz CT molecular complexity index is 840. The summed E-state index contributed by atoms with van der Waals surface area (Å²) in [7, 11) is 1.84. The van der Waals surface area contributed by atoms with Crippen LogP contribution in [0.2, 0.25) is 0 Å². The van der Waals surface area contributed by atoms with Crippen molar-refractivity contribution in [3.8, 4) is 0 Å². The Labute approximate surface area is 142 Å². The molecule has 0 saturated carbocycles. The summed E-state index contributed by atoms with van der Waals surface area (Å²) in [6.07, 6.45) is 7.16. The molecule has 1 aromatic carbocycles. The average Bonchev–Trinajstić information content (AvgIpc) is 3.03. The fourth-order valence-electron chi connectivity index (χ4n) is 2.75. The van der Waals surface area contributed by atoms with Gasteiger partial charge in [0.2, 0.25) is 0 Å². The number of aromatic nitrogens is 3. The first-order valence-corrected chi connectivity index (χ1v) is 8.28. The van der Waals surface area contributed by atoms with Crippen LogP contribution in [0, 0.1) is 0 Å². The van der Waals surface area contributed by atoms with Crippen molar-refractivity contribution in [1.29, 1.82) is 0 Å². The van der Waals surface area contributed by atoms with Gasteiger partial charge in [0.25, 0.3) is 5.91 Å². The van der Waals surface area contributed by atoms with Crippen molar-refractivity contribution >= 4 is 16.8 Å². The van der Waals surface area contributed by atoms with Crippen LogP contribution in [0.5, 0.6) is 0 Å². The fourth-order valence-corrected chi connectivity index (χ4v) is 2.75. The molecule has 5 heteroatoms. The SMILES string of the molecule is CCCCN(Cc1cnc2ccccc2c1)C(=O)c1cncn1C. The first-order chi connectivity index (χ1) is 11.7. The minimum absolute atomic E-state index is 0.0107. The molecule has 2 heterocycles. The number of carbonyl (C=O) groups excluding carboxylic acids is 1. The van der Waals surface area contributed by atoms with Crippen LogP contribution in [-0.4, -0.2) is 31.9 Å². The van der Waals surface area contributed by atoms with Gasteiger partial charge < -0.3 is 9.47 Å². The number of rotatable bonds is 6. The third-order valence-corrected chi connectivity index (χ3v) is 4.13. The zero-order valence-electron chi connectivity index (χ0n) is 14.1. The molecule has 5 nitrogen and oxygen atoms in total. The van der Waals surface area contributed by atoms with Gasteiger partial charge in [-0.2, -0.15) is 0 Å². The van der Waals surface area contributed by atoms with Crippen molar-refractivity contribution in [2.24, 2.45) is 7.05 Å². The Morgan fingerprint density at radius 2 is 2.08 bits per heavy atom. The molecule has 1 amide bonds. The summed E-state index contributed by atoms with van der Waals surface area (Å²) in [5, 5.41) is 1.10. The molecule has 124 valence electrons. The number of fused-ring (bicyclic) bond motifs is 1. The number of imidazole rings is 1. The van der Waals surface area contributed by atoms with Crippen LogP contribution in [0.1, 0.15) is 35.8 Å². The molecule has 0 saturated heterocycles. The summed E-state index contributed by atoms with van der Waals surface area (Å²) in [4.78, 5) is 23.3. The number of carbonyl (C=O) groups is 1. The number of unbranched alkanes of at least 4 members (excludes halogenated alkanes) is 1. The predicted molar refractivity (Wildman–Crippen MR) is 94.6 cm³/mol. The van der Waals surface area contributed by atoms with Gasteiger partial charge in [-0.05, 0) is 24.1 Å². The maximum atomic E-state index is 12.8. The van der Waals surface area contributed by atoms with E-state index in [9.17, 15) is 4.79 Å². The number of hydrogen-bond donors (Lipinski definition) is 0. The van der Waals surface area contributed by atoms with Crippen LogP contribution >= 0.6 is 0 Å². The summed E-state index contributed by atoms with van der Waals surface area (Å²) in [6, 6.07) is 10.1. The number of hydrogen-bond acceptors (Lipinski definition) is 3. The van der Waals surface area contributed by atoms with E-state index < -0.39 is 0 Å². The molecule has 0 aliphatic heterocycles. The molecule has 0 aliphatic carbocycles. The second-order valence-corrected chi connectivity index (χ2v) is 6.01. The van der Waals surface area contributed by atoms with Crippen molar-refractivity contribution in [2.75, 3.05) is 6.54 Å².